The molecule has 1 amide bonds. The second-order valence-corrected chi connectivity index (χ2v) is 5.87. The number of benzene rings is 1. The zero-order valence-corrected chi connectivity index (χ0v) is 16.7. The predicted molar refractivity (Wildman–Crippen MR) is 99.4 cm³/mol. The van der Waals surface area contributed by atoms with Crippen LogP contribution in [0, 0.1) is 0 Å². The zero-order chi connectivity index (χ0) is 19.9. The van der Waals surface area contributed by atoms with Crippen molar-refractivity contribution >= 4 is 12.1 Å². The number of hydrogen-bond donors (Lipinski definition) is 1. The SMILES string of the molecule is CC.CC(NC(=O)OC(C)(C)C)C(=O)OCc1ccccc1.COC. The minimum Gasteiger partial charge on any atom is -0.459 e. The summed E-state index contributed by atoms with van der Waals surface area (Å²) in [6.07, 6.45) is -0.637. The van der Waals surface area contributed by atoms with E-state index < -0.39 is 23.7 Å². The lowest BCUT2D eigenvalue weighted by atomic mass is 10.2. The Balaban J connectivity index is 0. The molecule has 1 N–H and O–H groups in total. The first-order valence-corrected chi connectivity index (χ1v) is 8.29. The molecular formula is C19H33NO5. The van der Waals surface area contributed by atoms with E-state index in [1.165, 1.54) is 0 Å². The van der Waals surface area contributed by atoms with Crippen LogP contribution in [0.4, 0.5) is 4.79 Å². The smallest absolute Gasteiger partial charge is 0.408 e. The van der Waals surface area contributed by atoms with Gasteiger partial charge in [0.15, 0.2) is 0 Å². The molecule has 0 radical (unpaired) electrons. The lowest BCUT2D eigenvalue weighted by molar-refractivity contribution is -0.147. The van der Waals surface area contributed by atoms with E-state index in [2.05, 4.69) is 10.1 Å². The van der Waals surface area contributed by atoms with E-state index in [1.807, 2.05) is 44.2 Å². The van der Waals surface area contributed by atoms with Gasteiger partial charge in [-0.1, -0.05) is 44.2 Å². The van der Waals surface area contributed by atoms with Crippen LogP contribution in [0.15, 0.2) is 30.3 Å². The third kappa shape index (κ3) is 15.2. The molecule has 6 nitrogen and oxygen atoms in total. The number of carbonyl (C=O) groups excluding carboxylic acids is 2. The number of amides is 1. The van der Waals surface area contributed by atoms with Crippen LogP contribution in [0.1, 0.15) is 47.1 Å². The molecule has 0 saturated carbocycles. The van der Waals surface area contributed by atoms with Crippen LogP contribution in [0.2, 0.25) is 0 Å². The molecule has 1 aromatic carbocycles. The zero-order valence-electron chi connectivity index (χ0n) is 16.7. The van der Waals surface area contributed by atoms with Gasteiger partial charge in [-0.25, -0.2) is 9.59 Å². The molecule has 0 aliphatic heterocycles. The molecule has 0 saturated heterocycles. The van der Waals surface area contributed by atoms with Crippen molar-refractivity contribution in [2.75, 3.05) is 14.2 Å². The standard InChI is InChI=1S/C15H21NO4.C2H6O.C2H6/c1-11(16-14(18)20-15(2,3)4)13(17)19-10-12-8-6-5-7-9-12;1-3-2;1-2/h5-9,11H,10H2,1-4H3,(H,16,18);1-2H3;1-2H3. The lowest BCUT2D eigenvalue weighted by Crippen LogP contribution is -2.42. The Labute approximate surface area is 151 Å². The summed E-state index contributed by atoms with van der Waals surface area (Å²) in [7, 11) is 3.25. The van der Waals surface area contributed by atoms with Crippen LogP contribution >= 0.6 is 0 Å². The molecule has 0 aliphatic rings. The van der Waals surface area contributed by atoms with Crippen LogP contribution in [0.25, 0.3) is 0 Å². The van der Waals surface area contributed by atoms with E-state index in [1.54, 1.807) is 41.9 Å². The fraction of sp³-hybridized carbons (Fsp3) is 0.579. The number of hydrogen-bond acceptors (Lipinski definition) is 5. The molecule has 0 aromatic heterocycles. The molecule has 1 aromatic rings. The summed E-state index contributed by atoms with van der Waals surface area (Å²) in [5, 5.41) is 2.44. The van der Waals surface area contributed by atoms with Gasteiger partial charge < -0.3 is 19.5 Å². The highest BCUT2D eigenvalue weighted by Crippen LogP contribution is 2.07. The quantitative estimate of drug-likeness (QED) is 0.828. The van der Waals surface area contributed by atoms with Gasteiger partial charge >= 0.3 is 12.1 Å². The molecule has 25 heavy (non-hydrogen) atoms. The number of ether oxygens (including phenoxy) is 3. The average Bonchev–Trinajstić information content (AvgIpc) is 2.54. The summed E-state index contributed by atoms with van der Waals surface area (Å²) in [5.41, 5.74) is 0.294. The summed E-state index contributed by atoms with van der Waals surface area (Å²) in [4.78, 5) is 23.2. The van der Waals surface area contributed by atoms with Gasteiger partial charge in [0.2, 0.25) is 0 Å². The number of alkyl carbamates (subject to hydrolysis) is 1. The monoisotopic (exact) mass is 355 g/mol. The van der Waals surface area contributed by atoms with Gasteiger partial charge in [-0.2, -0.15) is 0 Å². The lowest BCUT2D eigenvalue weighted by Gasteiger charge is -2.21. The topological polar surface area (TPSA) is 73.9 Å². The third-order valence-electron chi connectivity index (χ3n) is 2.31. The predicted octanol–water partition coefficient (Wildman–Crippen LogP) is 3.93. The van der Waals surface area contributed by atoms with E-state index in [0.29, 0.717) is 0 Å². The molecule has 1 unspecified atom stereocenters. The maximum Gasteiger partial charge on any atom is 0.408 e. The summed E-state index contributed by atoms with van der Waals surface area (Å²) >= 11 is 0. The van der Waals surface area contributed by atoms with Gasteiger partial charge in [0, 0.05) is 14.2 Å². The van der Waals surface area contributed by atoms with Crippen molar-refractivity contribution in [2.45, 2.75) is 59.8 Å². The van der Waals surface area contributed by atoms with Gasteiger partial charge in [-0.15, -0.1) is 0 Å². The number of esters is 1. The highest BCUT2D eigenvalue weighted by atomic mass is 16.6. The molecule has 6 heteroatoms. The van der Waals surface area contributed by atoms with Crippen molar-refractivity contribution in [1.29, 1.82) is 0 Å². The second-order valence-electron chi connectivity index (χ2n) is 5.87. The highest BCUT2D eigenvalue weighted by Gasteiger charge is 2.21. The fourth-order valence-corrected chi connectivity index (χ4v) is 1.40. The number of rotatable bonds is 4. The Hall–Kier alpha value is -2.08. The van der Waals surface area contributed by atoms with E-state index in [4.69, 9.17) is 9.47 Å². The molecule has 0 heterocycles. The van der Waals surface area contributed by atoms with Crippen molar-refractivity contribution in [3.8, 4) is 0 Å². The van der Waals surface area contributed by atoms with Crippen molar-refractivity contribution in [2.24, 2.45) is 0 Å². The first-order chi connectivity index (χ1) is 11.7. The van der Waals surface area contributed by atoms with Gasteiger partial charge in [-0.05, 0) is 33.3 Å². The van der Waals surface area contributed by atoms with E-state index >= 15 is 0 Å². The summed E-state index contributed by atoms with van der Waals surface area (Å²) in [6, 6.07) is 8.58. The third-order valence-corrected chi connectivity index (χ3v) is 2.31. The maximum atomic E-state index is 11.7. The number of nitrogens with one attached hydrogen (secondary N) is 1. The van der Waals surface area contributed by atoms with Crippen LogP contribution in [-0.2, 0) is 25.6 Å². The van der Waals surface area contributed by atoms with E-state index in [-0.39, 0.29) is 6.61 Å². The highest BCUT2D eigenvalue weighted by molar-refractivity contribution is 5.81. The summed E-state index contributed by atoms with van der Waals surface area (Å²) in [6.45, 7) is 11.0. The van der Waals surface area contributed by atoms with Gasteiger partial charge in [0.25, 0.3) is 0 Å². The van der Waals surface area contributed by atoms with Gasteiger partial charge in [0.1, 0.15) is 18.2 Å². The Morgan fingerprint density at radius 3 is 2.00 bits per heavy atom. The van der Waals surface area contributed by atoms with E-state index in [9.17, 15) is 9.59 Å². The number of carbonyl (C=O) groups is 2. The van der Waals surface area contributed by atoms with Crippen molar-refractivity contribution < 1.29 is 23.8 Å². The molecule has 1 rings (SSSR count). The van der Waals surface area contributed by atoms with Crippen molar-refractivity contribution in [3.63, 3.8) is 0 Å². The van der Waals surface area contributed by atoms with Crippen molar-refractivity contribution in [1.82, 2.24) is 5.32 Å². The molecule has 1 atom stereocenters. The maximum absolute atomic E-state index is 11.7. The van der Waals surface area contributed by atoms with Crippen LogP contribution in [0.5, 0.6) is 0 Å². The minimum atomic E-state index is -0.756. The molecule has 144 valence electrons. The fourth-order valence-electron chi connectivity index (χ4n) is 1.40. The minimum absolute atomic E-state index is 0.181. The Morgan fingerprint density at radius 1 is 1.08 bits per heavy atom. The molecule has 0 fully saturated rings. The van der Waals surface area contributed by atoms with Crippen LogP contribution in [-0.4, -0.2) is 37.9 Å². The first kappa shape index (κ1) is 25.2. The van der Waals surface area contributed by atoms with Gasteiger partial charge in [0.05, 0.1) is 0 Å². The van der Waals surface area contributed by atoms with Crippen molar-refractivity contribution in [3.05, 3.63) is 35.9 Å². The Morgan fingerprint density at radius 2 is 1.56 bits per heavy atom. The molecule has 0 bridgehead atoms. The number of methoxy groups -OCH3 is 1. The molecular weight excluding hydrogens is 322 g/mol. The van der Waals surface area contributed by atoms with Gasteiger partial charge in [-0.3, -0.25) is 0 Å². The summed E-state index contributed by atoms with van der Waals surface area (Å²) in [5.74, 6) is -0.500. The first-order valence-electron chi connectivity index (χ1n) is 8.29. The molecule has 0 spiro atoms. The van der Waals surface area contributed by atoms with Crippen LogP contribution in [0.3, 0.4) is 0 Å². The Bertz CT molecular complexity index is 468. The average molecular weight is 355 g/mol. The Kier molecular flexibility index (Phi) is 14.4. The van der Waals surface area contributed by atoms with E-state index in [0.717, 1.165) is 5.56 Å². The largest absolute Gasteiger partial charge is 0.459 e. The normalized spacial score (nSPS) is 10.9. The second kappa shape index (κ2) is 14.3. The van der Waals surface area contributed by atoms with Crippen LogP contribution < -0.4 is 5.32 Å². The summed E-state index contributed by atoms with van der Waals surface area (Å²) < 4.78 is 14.4. The molecule has 0 aliphatic carbocycles.